The van der Waals surface area contributed by atoms with E-state index in [4.69, 9.17) is 5.84 Å². The fraction of sp³-hybridized carbons (Fsp3) is 0.400. The Hall–Kier alpha value is -1.17. The first-order chi connectivity index (χ1) is 9.67. The minimum Gasteiger partial charge on any atom is -0.271 e. The van der Waals surface area contributed by atoms with Gasteiger partial charge < -0.3 is 0 Å². The molecule has 0 aliphatic rings. The van der Waals surface area contributed by atoms with Crippen molar-refractivity contribution in [3.05, 3.63) is 51.8 Å². The summed E-state index contributed by atoms with van der Waals surface area (Å²) in [5.41, 5.74) is 6.43. The van der Waals surface area contributed by atoms with Crippen molar-refractivity contribution in [2.24, 2.45) is 5.84 Å². The third-order valence-electron chi connectivity index (χ3n) is 3.43. The molecule has 0 spiro atoms. The summed E-state index contributed by atoms with van der Waals surface area (Å²) < 4.78 is 3.12. The van der Waals surface area contributed by atoms with Crippen LogP contribution in [0.2, 0.25) is 0 Å². The van der Waals surface area contributed by atoms with Crippen LogP contribution in [-0.2, 0) is 19.4 Å². The zero-order valence-electron chi connectivity index (χ0n) is 11.9. The Labute approximate surface area is 128 Å². The third kappa shape index (κ3) is 3.48. The predicted octanol–water partition coefficient (Wildman–Crippen LogP) is 2.98. The van der Waals surface area contributed by atoms with E-state index in [0.717, 1.165) is 35.2 Å². The van der Waals surface area contributed by atoms with Gasteiger partial charge >= 0.3 is 0 Å². The summed E-state index contributed by atoms with van der Waals surface area (Å²) in [4.78, 5) is 0. The van der Waals surface area contributed by atoms with Crippen LogP contribution in [0, 0.1) is 0 Å². The normalized spacial score (nSPS) is 12.6. The second-order valence-corrected chi connectivity index (χ2v) is 5.70. The van der Waals surface area contributed by atoms with Crippen LogP contribution in [-0.4, -0.2) is 9.78 Å². The van der Waals surface area contributed by atoms with E-state index in [1.807, 2.05) is 4.68 Å². The standard InChI is InChI=1S/C15H21BrN4/c1-3-13-10-15(20(4-2)19-13)14(18-17)9-11-5-7-12(16)8-6-11/h5-8,10,14,18H,3-4,9,17H2,1-2H3. The number of nitrogens with zero attached hydrogens (tertiary/aromatic N) is 2. The molecule has 4 nitrogen and oxygen atoms in total. The van der Waals surface area contributed by atoms with Crippen LogP contribution in [0.3, 0.4) is 0 Å². The van der Waals surface area contributed by atoms with Crippen molar-refractivity contribution < 1.29 is 0 Å². The number of aromatic nitrogens is 2. The van der Waals surface area contributed by atoms with Crippen LogP contribution in [0.4, 0.5) is 0 Å². The van der Waals surface area contributed by atoms with E-state index in [1.54, 1.807) is 0 Å². The summed E-state index contributed by atoms with van der Waals surface area (Å²) in [7, 11) is 0. The van der Waals surface area contributed by atoms with E-state index in [-0.39, 0.29) is 6.04 Å². The molecular formula is C15H21BrN4. The van der Waals surface area contributed by atoms with Gasteiger partial charge in [-0.25, -0.2) is 0 Å². The highest BCUT2D eigenvalue weighted by atomic mass is 79.9. The van der Waals surface area contributed by atoms with Gasteiger partial charge in [0.05, 0.1) is 17.4 Å². The number of hydrogen-bond acceptors (Lipinski definition) is 3. The lowest BCUT2D eigenvalue weighted by atomic mass is 10.0. The number of nitrogens with two attached hydrogens (primary N) is 1. The van der Waals surface area contributed by atoms with E-state index >= 15 is 0 Å². The molecule has 0 amide bonds. The Morgan fingerprint density at radius 2 is 2.00 bits per heavy atom. The van der Waals surface area contributed by atoms with E-state index in [0.29, 0.717) is 0 Å². The molecule has 3 N–H and O–H groups in total. The number of hydrazine groups is 1. The van der Waals surface area contributed by atoms with Crippen molar-refractivity contribution in [3.63, 3.8) is 0 Å². The topological polar surface area (TPSA) is 55.9 Å². The first kappa shape index (κ1) is 15.2. The molecule has 0 bridgehead atoms. The van der Waals surface area contributed by atoms with Crippen molar-refractivity contribution in [2.75, 3.05) is 0 Å². The molecule has 2 aromatic rings. The summed E-state index contributed by atoms with van der Waals surface area (Å²) >= 11 is 3.45. The van der Waals surface area contributed by atoms with E-state index in [2.05, 4.69) is 70.6 Å². The van der Waals surface area contributed by atoms with Crippen molar-refractivity contribution in [1.29, 1.82) is 0 Å². The van der Waals surface area contributed by atoms with Gasteiger partial charge in [0.1, 0.15) is 0 Å². The molecule has 1 unspecified atom stereocenters. The SMILES string of the molecule is CCc1cc(C(Cc2ccc(Br)cc2)NN)n(CC)n1. The average Bonchev–Trinajstić information content (AvgIpc) is 2.90. The molecule has 0 saturated carbocycles. The van der Waals surface area contributed by atoms with Gasteiger partial charge in [0.25, 0.3) is 0 Å². The fourth-order valence-electron chi connectivity index (χ4n) is 2.30. The lowest BCUT2D eigenvalue weighted by molar-refractivity contribution is 0.490. The number of hydrogen-bond donors (Lipinski definition) is 2. The van der Waals surface area contributed by atoms with Gasteiger partial charge in [-0.2, -0.15) is 5.10 Å². The smallest absolute Gasteiger partial charge is 0.0669 e. The highest BCUT2D eigenvalue weighted by Crippen LogP contribution is 2.20. The molecule has 5 heteroatoms. The molecular weight excluding hydrogens is 316 g/mol. The number of rotatable bonds is 6. The maximum absolute atomic E-state index is 5.76. The predicted molar refractivity (Wildman–Crippen MR) is 85.2 cm³/mol. The molecule has 0 aliphatic heterocycles. The molecule has 0 aliphatic carbocycles. The second-order valence-electron chi connectivity index (χ2n) is 4.78. The van der Waals surface area contributed by atoms with Crippen LogP contribution in [0.25, 0.3) is 0 Å². The molecule has 1 aromatic carbocycles. The maximum Gasteiger partial charge on any atom is 0.0669 e. The number of benzene rings is 1. The molecule has 0 radical (unpaired) electrons. The van der Waals surface area contributed by atoms with Crippen LogP contribution in [0.5, 0.6) is 0 Å². The minimum atomic E-state index is 0.0731. The monoisotopic (exact) mass is 336 g/mol. The van der Waals surface area contributed by atoms with Crippen molar-refractivity contribution in [1.82, 2.24) is 15.2 Å². The Balaban J connectivity index is 2.23. The molecule has 1 heterocycles. The highest BCUT2D eigenvalue weighted by Gasteiger charge is 2.16. The zero-order chi connectivity index (χ0) is 14.5. The summed E-state index contributed by atoms with van der Waals surface area (Å²) in [5, 5.41) is 4.59. The lowest BCUT2D eigenvalue weighted by Gasteiger charge is -2.17. The quantitative estimate of drug-likeness (QED) is 0.629. The molecule has 0 saturated heterocycles. The average molecular weight is 337 g/mol. The Bertz CT molecular complexity index is 548. The van der Waals surface area contributed by atoms with E-state index in [9.17, 15) is 0 Å². The zero-order valence-corrected chi connectivity index (χ0v) is 13.5. The number of nitrogens with one attached hydrogen (secondary N) is 1. The highest BCUT2D eigenvalue weighted by molar-refractivity contribution is 9.10. The molecule has 0 fully saturated rings. The van der Waals surface area contributed by atoms with Crippen LogP contribution in [0.15, 0.2) is 34.8 Å². The van der Waals surface area contributed by atoms with Gasteiger partial charge in [-0.1, -0.05) is 35.0 Å². The first-order valence-electron chi connectivity index (χ1n) is 6.95. The van der Waals surface area contributed by atoms with Crippen LogP contribution >= 0.6 is 15.9 Å². The van der Waals surface area contributed by atoms with Gasteiger partial charge in [-0.05, 0) is 43.5 Å². The van der Waals surface area contributed by atoms with Gasteiger partial charge in [-0.15, -0.1) is 0 Å². The van der Waals surface area contributed by atoms with Crippen LogP contribution < -0.4 is 11.3 Å². The summed E-state index contributed by atoms with van der Waals surface area (Å²) in [6.07, 6.45) is 1.79. The molecule has 20 heavy (non-hydrogen) atoms. The number of halogens is 1. The summed E-state index contributed by atoms with van der Waals surface area (Å²) in [5.74, 6) is 5.76. The summed E-state index contributed by atoms with van der Waals surface area (Å²) in [6.45, 7) is 5.07. The van der Waals surface area contributed by atoms with Crippen molar-refractivity contribution in [3.8, 4) is 0 Å². The first-order valence-corrected chi connectivity index (χ1v) is 7.74. The molecule has 1 aromatic heterocycles. The van der Waals surface area contributed by atoms with Gasteiger partial charge in [0, 0.05) is 11.0 Å². The minimum absolute atomic E-state index is 0.0731. The second kappa shape index (κ2) is 7.02. The van der Waals surface area contributed by atoms with Gasteiger partial charge in [0.2, 0.25) is 0 Å². The Kier molecular flexibility index (Phi) is 5.34. The lowest BCUT2D eigenvalue weighted by Crippen LogP contribution is -2.31. The molecule has 108 valence electrons. The van der Waals surface area contributed by atoms with Gasteiger partial charge in [0.15, 0.2) is 0 Å². The maximum atomic E-state index is 5.76. The summed E-state index contributed by atoms with van der Waals surface area (Å²) in [6, 6.07) is 10.6. The van der Waals surface area contributed by atoms with Gasteiger partial charge in [-0.3, -0.25) is 16.0 Å². The molecule has 1 atom stereocenters. The van der Waals surface area contributed by atoms with E-state index in [1.165, 1.54) is 5.56 Å². The fourth-order valence-corrected chi connectivity index (χ4v) is 2.56. The Morgan fingerprint density at radius 3 is 2.55 bits per heavy atom. The van der Waals surface area contributed by atoms with Crippen molar-refractivity contribution >= 4 is 15.9 Å². The number of aryl methyl sites for hydroxylation is 2. The van der Waals surface area contributed by atoms with Crippen molar-refractivity contribution in [2.45, 2.75) is 39.3 Å². The van der Waals surface area contributed by atoms with Crippen LogP contribution in [0.1, 0.15) is 36.8 Å². The largest absolute Gasteiger partial charge is 0.271 e. The third-order valence-corrected chi connectivity index (χ3v) is 3.96. The molecule has 2 rings (SSSR count). The Morgan fingerprint density at radius 1 is 1.30 bits per heavy atom. The van der Waals surface area contributed by atoms with E-state index < -0.39 is 0 Å².